The third-order valence-electron chi connectivity index (χ3n) is 6.65. The Balaban J connectivity index is 1.52. The zero-order valence-corrected chi connectivity index (χ0v) is 17.2. The molecule has 158 valence electrons. The highest BCUT2D eigenvalue weighted by atomic mass is 16.7. The molecule has 31 heavy (non-hydrogen) atoms. The molecule has 4 heterocycles. The molecule has 1 fully saturated rings. The molecule has 0 bridgehead atoms. The summed E-state index contributed by atoms with van der Waals surface area (Å²) in [5.41, 5.74) is 4.20. The SMILES string of the molecule is CN1CC(=O)N2[C@H](CC3=C(NC4C=CC/C=C\C=C\34)[C@H]2c2ccc3c(c2)OCO3)C1=O. The smallest absolute Gasteiger partial charge is 0.245 e. The number of carbonyl (C=O) groups excluding carboxylic acids is 2. The van der Waals surface area contributed by atoms with Gasteiger partial charge in [-0.1, -0.05) is 36.4 Å². The molecule has 1 unspecified atom stereocenters. The fourth-order valence-corrected chi connectivity index (χ4v) is 5.21. The molecule has 4 aliphatic heterocycles. The summed E-state index contributed by atoms with van der Waals surface area (Å²) in [6.45, 7) is 0.282. The van der Waals surface area contributed by atoms with Crippen molar-refractivity contribution in [3.8, 4) is 11.5 Å². The number of fused-ring (bicyclic) bond motifs is 4. The molecule has 3 atom stereocenters. The number of nitrogens with zero attached hydrogens (tertiary/aromatic N) is 2. The van der Waals surface area contributed by atoms with Crippen LogP contribution in [0.25, 0.3) is 0 Å². The lowest BCUT2D eigenvalue weighted by atomic mass is 9.84. The van der Waals surface area contributed by atoms with Crippen LogP contribution in [0.15, 0.2) is 65.4 Å². The van der Waals surface area contributed by atoms with Gasteiger partial charge in [0, 0.05) is 19.2 Å². The molecule has 1 aromatic rings. The molecular weight excluding hydrogens is 394 g/mol. The van der Waals surface area contributed by atoms with Gasteiger partial charge in [0.25, 0.3) is 0 Å². The molecule has 0 saturated carbocycles. The number of carbonyl (C=O) groups is 2. The molecule has 2 amide bonds. The van der Waals surface area contributed by atoms with E-state index >= 15 is 0 Å². The molecule has 7 nitrogen and oxygen atoms in total. The van der Waals surface area contributed by atoms with Crippen molar-refractivity contribution >= 4 is 11.8 Å². The van der Waals surface area contributed by atoms with E-state index in [4.69, 9.17) is 9.47 Å². The van der Waals surface area contributed by atoms with E-state index in [1.165, 1.54) is 10.5 Å². The first kappa shape index (κ1) is 18.3. The molecule has 1 aromatic carbocycles. The van der Waals surface area contributed by atoms with Gasteiger partial charge in [-0.2, -0.15) is 0 Å². The lowest BCUT2D eigenvalue weighted by Crippen LogP contribution is -2.61. The summed E-state index contributed by atoms with van der Waals surface area (Å²) in [4.78, 5) is 29.6. The van der Waals surface area contributed by atoms with Crippen molar-refractivity contribution in [3.05, 3.63) is 71.0 Å². The Morgan fingerprint density at radius 2 is 2.00 bits per heavy atom. The van der Waals surface area contributed by atoms with Crippen LogP contribution in [0.4, 0.5) is 0 Å². The molecule has 1 saturated heterocycles. The molecule has 1 N–H and O–H groups in total. The van der Waals surface area contributed by atoms with Gasteiger partial charge in [0.15, 0.2) is 11.5 Å². The number of hydrogen-bond donors (Lipinski definition) is 1. The van der Waals surface area contributed by atoms with Crippen LogP contribution in [-0.4, -0.2) is 54.1 Å². The predicted octanol–water partition coefficient (Wildman–Crippen LogP) is 2.20. The average Bonchev–Trinajstić information content (AvgIpc) is 3.34. The Morgan fingerprint density at radius 1 is 1.13 bits per heavy atom. The second-order valence-corrected chi connectivity index (χ2v) is 8.46. The lowest BCUT2D eigenvalue weighted by molar-refractivity contribution is -0.157. The van der Waals surface area contributed by atoms with Crippen molar-refractivity contribution in [1.82, 2.24) is 15.1 Å². The fourth-order valence-electron chi connectivity index (χ4n) is 5.21. The lowest BCUT2D eigenvalue weighted by Gasteiger charge is -2.46. The molecule has 0 aromatic heterocycles. The van der Waals surface area contributed by atoms with Gasteiger partial charge in [0.1, 0.15) is 6.04 Å². The summed E-state index contributed by atoms with van der Waals surface area (Å²) in [6, 6.07) is 4.93. The summed E-state index contributed by atoms with van der Waals surface area (Å²) in [5.74, 6) is 1.30. The van der Waals surface area contributed by atoms with Crippen LogP contribution in [0.1, 0.15) is 24.4 Å². The van der Waals surface area contributed by atoms with Crippen molar-refractivity contribution < 1.29 is 19.1 Å². The maximum absolute atomic E-state index is 13.2. The van der Waals surface area contributed by atoms with Gasteiger partial charge >= 0.3 is 0 Å². The van der Waals surface area contributed by atoms with E-state index in [9.17, 15) is 9.59 Å². The molecule has 0 radical (unpaired) electrons. The van der Waals surface area contributed by atoms with E-state index < -0.39 is 6.04 Å². The van der Waals surface area contributed by atoms with E-state index in [0.717, 1.165) is 23.3 Å². The number of likely N-dealkylation sites (N-methyl/N-ethyl adjacent to an activating group) is 1. The first-order valence-corrected chi connectivity index (χ1v) is 10.6. The summed E-state index contributed by atoms with van der Waals surface area (Å²) >= 11 is 0. The van der Waals surface area contributed by atoms with Crippen LogP contribution in [0.5, 0.6) is 11.5 Å². The van der Waals surface area contributed by atoms with E-state index in [0.29, 0.717) is 17.9 Å². The fraction of sp³-hybridized carbons (Fsp3) is 0.333. The van der Waals surface area contributed by atoms with Crippen molar-refractivity contribution in [2.24, 2.45) is 0 Å². The largest absolute Gasteiger partial charge is 0.454 e. The maximum Gasteiger partial charge on any atom is 0.245 e. The van der Waals surface area contributed by atoms with Crippen LogP contribution < -0.4 is 14.8 Å². The van der Waals surface area contributed by atoms with E-state index in [1.807, 2.05) is 18.2 Å². The highest BCUT2D eigenvalue weighted by molar-refractivity contribution is 5.96. The number of benzene rings is 1. The van der Waals surface area contributed by atoms with Gasteiger partial charge in [-0.25, -0.2) is 0 Å². The molecule has 1 aliphatic carbocycles. The summed E-state index contributed by atoms with van der Waals surface area (Å²) in [6.07, 6.45) is 12.0. The topological polar surface area (TPSA) is 71.1 Å². The third-order valence-corrected chi connectivity index (χ3v) is 6.65. The minimum absolute atomic E-state index is 0.0159. The standard InChI is InChI=1S/C24H23N3O4/c1-26-12-21(28)27-18(24(26)29)11-16-15-6-4-2-3-5-7-17(15)25-22(16)23(27)14-8-9-19-20(10-14)31-13-30-19/h2,4-10,17-18,23,25H,3,11-13H2,1H3/b4-2-,7-5?,15-6-/t17?,18-,23-/m1/s1. The Labute approximate surface area is 180 Å². The van der Waals surface area contributed by atoms with Gasteiger partial charge in [0.05, 0.1) is 18.6 Å². The summed E-state index contributed by atoms with van der Waals surface area (Å²) in [5, 5.41) is 3.66. The maximum atomic E-state index is 13.2. The number of amides is 2. The van der Waals surface area contributed by atoms with Crippen LogP contribution in [0.2, 0.25) is 0 Å². The quantitative estimate of drug-likeness (QED) is 0.710. The molecular formula is C24H23N3O4. The van der Waals surface area contributed by atoms with E-state index in [2.05, 4.69) is 35.7 Å². The molecule has 0 spiro atoms. The number of nitrogens with one attached hydrogen (secondary N) is 1. The van der Waals surface area contributed by atoms with Crippen LogP contribution in [0.3, 0.4) is 0 Å². The number of rotatable bonds is 1. The number of piperazine rings is 1. The van der Waals surface area contributed by atoms with Gasteiger partial charge in [-0.05, 0) is 35.3 Å². The Hall–Kier alpha value is -3.48. The second kappa shape index (κ2) is 6.77. The second-order valence-electron chi connectivity index (χ2n) is 8.46. The first-order chi connectivity index (χ1) is 15.1. The number of hydrogen-bond acceptors (Lipinski definition) is 5. The zero-order chi connectivity index (χ0) is 21.1. The van der Waals surface area contributed by atoms with Gasteiger partial charge in [-0.3, -0.25) is 9.59 Å². The van der Waals surface area contributed by atoms with Crippen LogP contribution in [-0.2, 0) is 9.59 Å². The Bertz CT molecular complexity index is 1120. The molecule has 6 rings (SSSR count). The van der Waals surface area contributed by atoms with Gasteiger partial charge in [0.2, 0.25) is 18.6 Å². The van der Waals surface area contributed by atoms with E-state index in [-0.39, 0.29) is 37.2 Å². The van der Waals surface area contributed by atoms with Crippen molar-refractivity contribution in [1.29, 1.82) is 0 Å². The van der Waals surface area contributed by atoms with Gasteiger partial charge < -0.3 is 24.6 Å². The normalized spacial score (nSPS) is 31.3. The third kappa shape index (κ3) is 2.72. The average molecular weight is 417 g/mol. The molecule has 7 heteroatoms. The van der Waals surface area contributed by atoms with Crippen molar-refractivity contribution in [3.63, 3.8) is 0 Å². The number of ether oxygens (including phenoxy) is 2. The van der Waals surface area contributed by atoms with E-state index in [1.54, 1.807) is 11.9 Å². The minimum Gasteiger partial charge on any atom is -0.454 e. The highest BCUT2D eigenvalue weighted by Gasteiger charge is 2.50. The number of allylic oxidation sites excluding steroid dienone is 4. The Morgan fingerprint density at radius 3 is 2.90 bits per heavy atom. The van der Waals surface area contributed by atoms with Crippen LogP contribution >= 0.6 is 0 Å². The zero-order valence-electron chi connectivity index (χ0n) is 17.2. The monoisotopic (exact) mass is 417 g/mol. The van der Waals surface area contributed by atoms with Gasteiger partial charge in [-0.15, -0.1) is 0 Å². The minimum atomic E-state index is -0.514. The van der Waals surface area contributed by atoms with Crippen molar-refractivity contribution in [2.75, 3.05) is 20.4 Å². The first-order valence-electron chi connectivity index (χ1n) is 10.6. The predicted molar refractivity (Wildman–Crippen MR) is 113 cm³/mol. The Kier molecular flexibility index (Phi) is 4.00. The van der Waals surface area contributed by atoms with Crippen molar-refractivity contribution in [2.45, 2.75) is 31.0 Å². The van der Waals surface area contributed by atoms with Crippen LogP contribution in [0, 0.1) is 0 Å². The molecule has 5 aliphatic rings. The summed E-state index contributed by atoms with van der Waals surface area (Å²) in [7, 11) is 1.70. The highest BCUT2D eigenvalue weighted by Crippen LogP contribution is 2.47. The summed E-state index contributed by atoms with van der Waals surface area (Å²) < 4.78 is 11.1.